The Morgan fingerprint density at radius 3 is 0.600 bits per heavy atom. The molecule has 6 aromatic rings. The van der Waals surface area contributed by atoms with Gasteiger partial charge in [0.25, 0.3) is 0 Å². The fourth-order valence-corrected chi connectivity index (χ4v) is 12.8. The molecule has 0 N–H and O–H groups in total. The second-order valence-corrected chi connectivity index (χ2v) is 22.4. The lowest BCUT2D eigenvalue weighted by Crippen LogP contribution is -2.14. The van der Waals surface area contributed by atoms with Crippen molar-refractivity contribution in [2.75, 3.05) is 0 Å². The van der Waals surface area contributed by atoms with E-state index in [4.69, 9.17) is 18.1 Å². The molecule has 4 nitrogen and oxygen atoms in total. The highest BCUT2D eigenvalue weighted by Crippen LogP contribution is 2.48. The minimum atomic E-state index is -1.54. The lowest BCUT2D eigenvalue weighted by atomic mass is 9.99. The standard InChI is InChI=1S/C64H84O4P2/c1-13-21-51-37-45(9)38-52(22-14-2)61(51)65-69(66-62-53(23-15-3)39-46(10)40-54(62)24-16-4)59-33-29-49(30-34-59)50-31-35-60(36-32-50)70(67-63-55(25-17-5)41-47(11)42-56(63)26-18-6)68-64-57(27-19-7)43-48(12)44-58(64)28-20-8/h29-44H,13-28H2,1-12H3. The third kappa shape index (κ3) is 14.3. The molecule has 0 fully saturated rings. The summed E-state index contributed by atoms with van der Waals surface area (Å²) in [6.07, 6.45) is 16.1. The van der Waals surface area contributed by atoms with Crippen LogP contribution in [0.4, 0.5) is 0 Å². The first kappa shape index (κ1) is 54.7. The molecule has 6 rings (SSSR count). The monoisotopic (exact) mass is 979 g/mol. The van der Waals surface area contributed by atoms with Crippen LogP contribution in [0.3, 0.4) is 0 Å². The summed E-state index contributed by atoms with van der Waals surface area (Å²) in [6.45, 7) is 26.9. The molecule has 0 spiro atoms. The first-order valence-corrected chi connectivity index (χ1v) is 29.3. The summed E-state index contributed by atoms with van der Waals surface area (Å²) in [5, 5.41) is 2.12. The average Bonchev–Trinajstić information content (AvgIpc) is 3.33. The molecule has 0 radical (unpaired) electrons. The van der Waals surface area contributed by atoms with Crippen molar-refractivity contribution in [1.82, 2.24) is 0 Å². The van der Waals surface area contributed by atoms with Crippen LogP contribution in [-0.2, 0) is 51.4 Å². The third-order valence-corrected chi connectivity index (χ3v) is 15.7. The smallest absolute Gasteiger partial charge is 0.326 e. The van der Waals surface area contributed by atoms with Crippen molar-refractivity contribution in [2.45, 2.75) is 186 Å². The van der Waals surface area contributed by atoms with Gasteiger partial charge < -0.3 is 18.1 Å². The third-order valence-electron chi connectivity index (χ3n) is 12.9. The van der Waals surface area contributed by atoms with Gasteiger partial charge in [-0.3, -0.25) is 0 Å². The van der Waals surface area contributed by atoms with Crippen LogP contribution in [0.5, 0.6) is 23.0 Å². The highest BCUT2D eigenvalue weighted by molar-refractivity contribution is 7.57. The molecule has 0 amide bonds. The van der Waals surface area contributed by atoms with Crippen LogP contribution in [0.1, 0.15) is 174 Å². The summed E-state index contributed by atoms with van der Waals surface area (Å²) in [5.41, 5.74) is 17.6. The van der Waals surface area contributed by atoms with Crippen LogP contribution in [0, 0.1) is 27.7 Å². The molecule has 0 atom stereocenters. The number of aryl methyl sites for hydroxylation is 12. The molecular weight excluding hydrogens is 895 g/mol. The Kier molecular flexibility index (Phi) is 21.3. The largest absolute Gasteiger partial charge is 0.435 e. The fourth-order valence-electron chi connectivity index (χ4n) is 9.95. The summed E-state index contributed by atoms with van der Waals surface area (Å²) < 4.78 is 29.3. The van der Waals surface area contributed by atoms with Crippen molar-refractivity contribution >= 4 is 27.4 Å². The van der Waals surface area contributed by atoms with Gasteiger partial charge in [0.05, 0.1) is 10.6 Å². The predicted molar refractivity (Wildman–Crippen MR) is 304 cm³/mol. The number of rotatable bonds is 27. The zero-order valence-corrected chi connectivity index (χ0v) is 46.9. The molecule has 0 aliphatic heterocycles. The fraction of sp³-hybridized carbons (Fsp3) is 0.438. The van der Waals surface area contributed by atoms with Gasteiger partial charge in [-0.05, 0) is 159 Å². The van der Waals surface area contributed by atoms with Gasteiger partial charge in [-0.15, -0.1) is 0 Å². The van der Waals surface area contributed by atoms with Gasteiger partial charge in [-0.25, -0.2) is 0 Å². The quantitative estimate of drug-likeness (QED) is 0.0482. The zero-order chi connectivity index (χ0) is 50.2. The molecule has 0 bridgehead atoms. The first-order valence-electron chi connectivity index (χ1n) is 27.0. The zero-order valence-electron chi connectivity index (χ0n) is 45.1. The van der Waals surface area contributed by atoms with Gasteiger partial charge in [0, 0.05) is 0 Å². The second-order valence-electron chi connectivity index (χ2n) is 19.6. The van der Waals surface area contributed by atoms with Crippen LogP contribution in [0.15, 0.2) is 97.1 Å². The second kappa shape index (κ2) is 27.3. The first-order chi connectivity index (χ1) is 34.0. The Labute approximate surface area is 427 Å². The summed E-state index contributed by atoms with van der Waals surface area (Å²) in [6, 6.07) is 36.5. The highest BCUT2D eigenvalue weighted by Gasteiger charge is 2.27. The lowest BCUT2D eigenvalue weighted by molar-refractivity contribution is 0.485. The topological polar surface area (TPSA) is 36.9 Å². The van der Waals surface area contributed by atoms with Crippen molar-refractivity contribution in [3.8, 4) is 34.1 Å². The van der Waals surface area contributed by atoms with Crippen LogP contribution < -0.4 is 28.7 Å². The molecule has 0 saturated carbocycles. The Bertz CT molecular complexity index is 2170. The Hall–Kier alpha value is -4.62. The molecule has 70 heavy (non-hydrogen) atoms. The van der Waals surface area contributed by atoms with Crippen LogP contribution in [-0.4, -0.2) is 0 Å². The maximum Gasteiger partial charge on any atom is 0.326 e. The van der Waals surface area contributed by atoms with Crippen LogP contribution in [0.25, 0.3) is 11.1 Å². The number of benzene rings is 6. The van der Waals surface area contributed by atoms with E-state index in [1.807, 2.05) is 0 Å². The van der Waals surface area contributed by atoms with Crippen LogP contribution in [0.2, 0.25) is 0 Å². The molecule has 0 aliphatic carbocycles. The maximum atomic E-state index is 7.33. The molecule has 0 aliphatic rings. The predicted octanol–water partition coefficient (Wildman–Crippen LogP) is 18.4. The van der Waals surface area contributed by atoms with E-state index in [1.165, 1.54) is 66.8 Å². The highest BCUT2D eigenvalue weighted by atomic mass is 31.2. The minimum absolute atomic E-state index is 0.965. The SMILES string of the molecule is CCCc1cc(C)cc(CCC)c1OP(Oc1c(CCC)cc(C)cc1CCC)c1ccc(-c2ccc(P(Oc3c(CCC)cc(C)cc3CCC)Oc3c(CCC)cc(C)cc3CCC)cc2)cc1. The van der Waals surface area contributed by atoms with E-state index >= 15 is 0 Å². The van der Waals surface area contributed by atoms with Gasteiger partial charge >= 0.3 is 16.8 Å². The molecule has 6 heteroatoms. The van der Waals surface area contributed by atoms with E-state index in [0.29, 0.717) is 0 Å². The molecule has 374 valence electrons. The van der Waals surface area contributed by atoms with Gasteiger partial charge in [0.1, 0.15) is 23.0 Å². The van der Waals surface area contributed by atoms with Gasteiger partial charge in [0.15, 0.2) is 0 Å². The molecule has 6 aromatic carbocycles. The maximum absolute atomic E-state index is 7.33. The van der Waals surface area contributed by atoms with Gasteiger partial charge in [-0.1, -0.05) is 202 Å². The summed E-state index contributed by atoms with van der Waals surface area (Å²) in [4.78, 5) is 0. The van der Waals surface area contributed by atoms with Crippen molar-refractivity contribution < 1.29 is 18.1 Å². The molecule has 0 aromatic heterocycles. The van der Waals surface area contributed by atoms with Gasteiger partial charge in [-0.2, -0.15) is 0 Å². The average molecular weight is 979 g/mol. The van der Waals surface area contributed by atoms with Crippen molar-refractivity contribution in [3.63, 3.8) is 0 Å². The van der Waals surface area contributed by atoms with E-state index in [0.717, 1.165) is 147 Å². The Morgan fingerprint density at radius 2 is 0.443 bits per heavy atom. The molecule has 0 heterocycles. The van der Waals surface area contributed by atoms with E-state index in [9.17, 15) is 0 Å². The van der Waals surface area contributed by atoms with Crippen molar-refractivity contribution in [2.24, 2.45) is 0 Å². The van der Waals surface area contributed by atoms with E-state index in [1.54, 1.807) is 0 Å². The van der Waals surface area contributed by atoms with E-state index in [2.05, 4.69) is 180 Å². The molecular formula is C64H84O4P2. The van der Waals surface area contributed by atoms with Crippen LogP contribution >= 0.6 is 16.8 Å². The number of hydrogen-bond donors (Lipinski definition) is 0. The lowest BCUT2D eigenvalue weighted by Gasteiger charge is -2.26. The molecule has 0 saturated heterocycles. The van der Waals surface area contributed by atoms with E-state index < -0.39 is 16.8 Å². The van der Waals surface area contributed by atoms with Gasteiger partial charge in [0.2, 0.25) is 0 Å². The number of hydrogen-bond acceptors (Lipinski definition) is 4. The van der Waals surface area contributed by atoms with Crippen molar-refractivity contribution in [1.29, 1.82) is 0 Å². The summed E-state index contributed by atoms with van der Waals surface area (Å²) in [5.74, 6) is 4.02. The van der Waals surface area contributed by atoms with Crippen molar-refractivity contribution in [3.05, 3.63) is 164 Å². The molecule has 0 unspecified atom stereocenters. The summed E-state index contributed by atoms with van der Waals surface area (Å²) >= 11 is 0. The Balaban J connectivity index is 1.42. The minimum Gasteiger partial charge on any atom is -0.435 e. The Morgan fingerprint density at radius 1 is 0.271 bits per heavy atom. The van der Waals surface area contributed by atoms with E-state index in [-0.39, 0.29) is 0 Å². The summed E-state index contributed by atoms with van der Waals surface area (Å²) in [7, 11) is -3.07. The normalized spacial score (nSPS) is 11.5.